The number of benzene rings is 1. The highest BCUT2D eigenvalue weighted by Crippen LogP contribution is 2.39. The number of carbonyl (C=O) groups is 1. The van der Waals surface area contributed by atoms with Crippen LogP contribution in [0.25, 0.3) is 28.2 Å². The van der Waals surface area contributed by atoms with Crippen LogP contribution >= 0.6 is 0 Å². The van der Waals surface area contributed by atoms with Crippen LogP contribution in [0.3, 0.4) is 0 Å². The summed E-state index contributed by atoms with van der Waals surface area (Å²) in [5, 5.41) is 18.9. The van der Waals surface area contributed by atoms with Gasteiger partial charge in [-0.2, -0.15) is 10.2 Å². The molecule has 0 atom stereocenters. The zero-order valence-electron chi connectivity index (χ0n) is 25.1. The van der Waals surface area contributed by atoms with Crippen LogP contribution in [0.15, 0.2) is 42.9 Å². The monoisotopic (exact) mass is 574 g/mol. The molecule has 0 unspecified atom stereocenters. The van der Waals surface area contributed by atoms with Crippen molar-refractivity contribution < 1.29 is 14.6 Å². The molecule has 5 rings (SSSR count). The molecule has 10 heteroatoms. The second-order valence-corrected chi connectivity index (χ2v) is 18.3. The largest absolute Gasteiger partial charge is 0.465 e. The molecule has 218 valence electrons. The van der Waals surface area contributed by atoms with Gasteiger partial charge in [-0.3, -0.25) is 0 Å². The summed E-state index contributed by atoms with van der Waals surface area (Å²) >= 11 is 0. The predicted octanol–water partition coefficient (Wildman–Crippen LogP) is 6.86. The molecule has 0 spiro atoms. The molecule has 3 aromatic heterocycles. The first-order valence-electron chi connectivity index (χ1n) is 14.6. The van der Waals surface area contributed by atoms with Crippen molar-refractivity contribution in [2.24, 2.45) is 0 Å². The maximum absolute atomic E-state index is 11.3. The number of carboxylic acid groups (broad SMARTS) is 1. The Labute approximate surface area is 243 Å². The minimum atomic E-state index is -1.21. The lowest BCUT2D eigenvalue weighted by molar-refractivity contribution is 0.0799. The van der Waals surface area contributed by atoms with Gasteiger partial charge in [0.1, 0.15) is 13.1 Å². The van der Waals surface area contributed by atoms with Crippen LogP contribution in [0.4, 0.5) is 4.79 Å². The number of amides is 1. The lowest BCUT2D eigenvalue weighted by Crippen LogP contribution is -2.36. The van der Waals surface area contributed by atoms with Crippen LogP contribution in [0, 0.1) is 6.92 Å². The molecule has 9 nitrogen and oxygen atoms in total. The third-order valence-electron chi connectivity index (χ3n) is 8.03. The molecule has 0 bridgehead atoms. The normalized spacial score (nSPS) is 14.9. The second kappa shape index (κ2) is 11.8. The number of hydrogen-bond acceptors (Lipinski definition) is 5. The average molecular weight is 575 g/mol. The minimum absolute atomic E-state index is 0.225. The van der Waals surface area contributed by atoms with E-state index in [1.807, 2.05) is 15.4 Å². The van der Waals surface area contributed by atoms with Gasteiger partial charge in [0.05, 0.1) is 11.4 Å². The van der Waals surface area contributed by atoms with E-state index < -0.39 is 14.2 Å². The Morgan fingerprint density at radius 3 is 2.46 bits per heavy atom. The number of hydrogen-bond donors (Lipinski definition) is 1. The van der Waals surface area contributed by atoms with E-state index in [1.165, 1.54) is 16.0 Å². The SMILES string of the molecule is Cc1cc(-c2c(C(C)C)c(-c3ccc(C4CCN(C(=O)O)CC4)cc3)nn2COCC[Si](C)(C)C)cn2ncnc12. The van der Waals surface area contributed by atoms with E-state index in [2.05, 4.69) is 80.8 Å². The zero-order chi connectivity index (χ0) is 29.3. The molecule has 4 aromatic rings. The number of rotatable bonds is 9. The number of ether oxygens (including phenoxy) is 1. The number of pyridine rings is 1. The van der Waals surface area contributed by atoms with E-state index in [0.717, 1.165) is 59.2 Å². The van der Waals surface area contributed by atoms with Crippen LogP contribution in [0.1, 0.15) is 55.2 Å². The van der Waals surface area contributed by atoms with E-state index >= 15 is 0 Å². The van der Waals surface area contributed by atoms with Crippen LogP contribution in [-0.4, -0.2) is 68.2 Å². The topological polar surface area (TPSA) is 97.8 Å². The fourth-order valence-electron chi connectivity index (χ4n) is 5.70. The number of aryl methyl sites for hydroxylation is 1. The Morgan fingerprint density at radius 2 is 1.83 bits per heavy atom. The maximum atomic E-state index is 11.3. The maximum Gasteiger partial charge on any atom is 0.407 e. The summed E-state index contributed by atoms with van der Waals surface area (Å²) in [7, 11) is -1.21. The summed E-state index contributed by atoms with van der Waals surface area (Å²) in [5.41, 5.74) is 8.47. The molecular formula is C31H42N6O3Si. The number of fused-ring (bicyclic) bond motifs is 1. The van der Waals surface area contributed by atoms with Crippen molar-refractivity contribution in [2.45, 2.75) is 77.9 Å². The van der Waals surface area contributed by atoms with Crippen molar-refractivity contribution in [3.05, 3.63) is 59.5 Å². The lowest BCUT2D eigenvalue weighted by Gasteiger charge is -2.30. The van der Waals surface area contributed by atoms with E-state index in [9.17, 15) is 9.90 Å². The summed E-state index contributed by atoms with van der Waals surface area (Å²) in [6, 6.07) is 12.0. The fraction of sp³-hybridized carbons (Fsp3) is 0.484. The standard InChI is InChI=1S/C31H42N6O3Si/c1-21(2)27-28(25-9-7-23(8-10-25)24-11-13-35(14-12-24)31(38)39)34-37(20-40-15-16-41(4,5)6)29(27)26-17-22(3)30-32-19-33-36(30)18-26/h7-10,17-19,21,24H,11-16,20H2,1-6H3,(H,38,39). The molecule has 1 N–H and O–H groups in total. The fourth-order valence-corrected chi connectivity index (χ4v) is 6.46. The van der Waals surface area contributed by atoms with E-state index in [4.69, 9.17) is 9.84 Å². The van der Waals surface area contributed by atoms with Crippen LogP contribution in [0.5, 0.6) is 0 Å². The van der Waals surface area contributed by atoms with Gasteiger partial charge in [0.25, 0.3) is 0 Å². The second-order valence-electron chi connectivity index (χ2n) is 12.7. The Balaban J connectivity index is 1.51. The van der Waals surface area contributed by atoms with Crippen molar-refractivity contribution in [1.82, 2.24) is 29.3 Å². The Bertz CT molecular complexity index is 1510. The van der Waals surface area contributed by atoms with Crippen molar-refractivity contribution in [1.29, 1.82) is 0 Å². The molecule has 1 amide bonds. The Kier molecular flexibility index (Phi) is 8.33. The van der Waals surface area contributed by atoms with E-state index in [0.29, 0.717) is 25.7 Å². The average Bonchev–Trinajstić information content (AvgIpc) is 3.56. The summed E-state index contributed by atoms with van der Waals surface area (Å²) < 4.78 is 10.1. The third-order valence-corrected chi connectivity index (χ3v) is 9.73. The van der Waals surface area contributed by atoms with Crippen molar-refractivity contribution >= 4 is 19.8 Å². The first-order chi connectivity index (χ1) is 19.5. The lowest BCUT2D eigenvalue weighted by atomic mass is 9.88. The van der Waals surface area contributed by atoms with Gasteiger partial charge in [-0.15, -0.1) is 0 Å². The first kappa shape index (κ1) is 29.0. The van der Waals surface area contributed by atoms with Gasteiger partial charge in [0.2, 0.25) is 0 Å². The molecule has 1 aliphatic heterocycles. The highest BCUT2D eigenvalue weighted by Gasteiger charge is 2.26. The Hall–Kier alpha value is -3.50. The van der Waals surface area contributed by atoms with Crippen molar-refractivity contribution in [3.8, 4) is 22.5 Å². The summed E-state index contributed by atoms with van der Waals surface area (Å²) in [6.45, 7) is 15.8. The highest BCUT2D eigenvalue weighted by atomic mass is 28.3. The number of likely N-dealkylation sites (tertiary alicyclic amines) is 1. The highest BCUT2D eigenvalue weighted by molar-refractivity contribution is 6.76. The van der Waals surface area contributed by atoms with Gasteiger partial charge in [0, 0.05) is 50.7 Å². The van der Waals surface area contributed by atoms with Gasteiger partial charge < -0.3 is 14.7 Å². The molecule has 1 saturated heterocycles. The van der Waals surface area contributed by atoms with Crippen LogP contribution < -0.4 is 0 Å². The van der Waals surface area contributed by atoms with Crippen LogP contribution in [-0.2, 0) is 11.5 Å². The molecule has 0 aliphatic carbocycles. The quantitative estimate of drug-likeness (QED) is 0.173. The molecule has 41 heavy (non-hydrogen) atoms. The third kappa shape index (κ3) is 6.38. The predicted molar refractivity (Wildman–Crippen MR) is 164 cm³/mol. The Morgan fingerprint density at radius 1 is 1.12 bits per heavy atom. The van der Waals surface area contributed by atoms with Gasteiger partial charge >= 0.3 is 6.09 Å². The molecule has 0 saturated carbocycles. The number of piperidine rings is 1. The van der Waals surface area contributed by atoms with Gasteiger partial charge in [-0.05, 0) is 54.8 Å². The number of aromatic nitrogens is 5. The molecule has 1 aliphatic rings. The van der Waals surface area contributed by atoms with Crippen molar-refractivity contribution in [2.75, 3.05) is 19.7 Å². The zero-order valence-corrected chi connectivity index (χ0v) is 26.1. The molecule has 1 aromatic carbocycles. The van der Waals surface area contributed by atoms with Crippen molar-refractivity contribution in [3.63, 3.8) is 0 Å². The van der Waals surface area contributed by atoms with E-state index in [-0.39, 0.29) is 5.92 Å². The molecule has 4 heterocycles. The summed E-state index contributed by atoms with van der Waals surface area (Å²) in [6.07, 6.45) is 4.49. The summed E-state index contributed by atoms with van der Waals surface area (Å²) in [4.78, 5) is 17.2. The van der Waals surface area contributed by atoms with Crippen LogP contribution in [0.2, 0.25) is 25.7 Å². The summed E-state index contributed by atoms with van der Waals surface area (Å²) in [5.74, 6) is 0.594. The van der Waals surface area contributed by atoms with Gasteiger partial charge in [-0.25, -0.2) is 19.0 Å². The first-order valence-corrected chi connectivity index (χ1v) is 18.3. The molecule has 1 fully saturated rings. The van der Waals surface area contributed by atoms with Gasteiger partial charge in [-0.1, -0.05) is 57.8 Å². The minimum Gasteiger partial charge on any atom is -0.465 e. The molecular weight excluding hydrogens is 532 g/mol. The smallest absolute Gasteiger partial charge is 0.407 e. The van der Waals surface area contributed by atoms with Gasteiger partial charge in [0.15, 0.2) is 5.65 Å². The molecule has 0 radical (unpaired) electrons. The number of nitrogens with zero attached hydrogens (tertiary/aromatic N) is 6. The van der Waals surface area contributed by atoms with E-state index in [1.54, 1.807) is 6.33 Å².